The van der Waals surface area contributed by atoms with Crippen LogP contribution in [0.15, 0.2) is 30.8 Å². The number of ether oxygens (including phenoxy) is 4. The fourth-order valence-corrected chi connectivity index (χ4v) is 8.63. The van der Waals surface area contributed by atoms with Crippen LogP contribution in [-0.4, -0.2) is 104 Å². The van der Waals surface area contributed by atoms with Crippen molar-refractivity contribution in [1.82, 2.24) is 24.5 Å². The molecule has 12 nitrogen and oxygen atoms in total. The maximum Gasteiger partial charge on any atom is 0.410 e. The topological polar surface area (TPSA) is 121 Å². The van der Waals surface area contributed by atoms with Gasteiger partial charge < -0.3 is 28.7 Å². The van der Waals surface area contributed by atoms with E-state index in [0.717, 1.165) is 72.3 Å². The predicted octanol–water partition coefficient (Wildman–Crippen LogP) is 8.69. The molecule has 3 aromatic rings. The standard InChI is InChI=1S/C40H62N6O6Si2/c1-11-49-17-16-34-36(30-22-32-14-15-33(23-30)45(32)39(48)52-40(2,3)4)43-37-35(29-12-13-31(26-47)41-24-29)25-42-46(37)38(34)44(27-50-18-20-53(5,6)7)28-51-19-21-54(8,9)10/h12-13,16-17,24-26,30,32-33H,11,14-15,18-23,27-28H2,1-10H3/b17-16-. The largest absolute Gasteiger partial charge is 0.501 e. The van der Waals surface area contributed by atoms with Crippen LogP contribution in [0.25, 0.3) is 22.9 Å². The van der Waals surface area contributed by atoms with Gasteiger partial charge in [0.1, 0.15) is 30.6 Å². The number of carbonyl (C=O) groups is 2. The molecule has 2 unspecified atom stereocenters. The first-order chi connectivity index (χ1) is 25.5. The van der Waals surface area contributed by atoms with Gasteiger partial charge in [0.15, 0.2) is 11.9 Å². The van der Waals surface area contributed by atoms with Crippen LogP contribution in [0.4, 0.5) is 10.6 Å². The lowest BCUT2D eigenvalue weighted by atomic mass is 9.86. The Kier molecular flexibility index (Phi) is 13.4. The Balaban J connectivity index is 1.65. The molecule has 5 heterocycles. The summed E-state index contributed by atoms with van der Waals surface area (Å²) in [6.07, 6.45) is 11.1. The summed E-state index contributed by atoms with van der Waals surface area (Å²) < 4.78 is 26.5. The second kappa shape index (κ2) is 17.5. The highest BCUT2D eigenvalue weighted by Crippen LogP contribution is 2.46. The number of hydrogen-bond donors (Lipinski definition) is 0. The number of pyridine rings is 1. The Morgan fingerprint density at radius 3 is 2.11 bits per heavy atom. The zero-order valence-electron chi connectivity index (χ0n) is 34.2. The molecule has 2 aliphatic rings. The Hall–Kier alpha value is -3.60. The first-order valence-electron chi connectivity index (χ1n) is 19.5. The van der Waals surface area contributed by atoms with Crippen LogP contribution >= 0.6 is 0 Å². The van der Waals surface area contributed by atoms with Crippen molar-refractivity contribution in [3.8, 4) is 11.1 Å². The number of fused-ring (bicyclic) bond motifs is 3. The maximum absolute atomic E-state index is 13.5. The van der Waals surface area contributed by atoms with Crippen LogP contribution in [0.2, 0.25) is 51.4 Å². The lowest BCUT2D eigenvalue weighted by Gasteiger charge is -2.40. The molecule has 0 aliphatic carbocycles. The van der Waals surface area contributed by atoms with Crippen molar-refractivity contribution < 1.29 is 28.5 Å². The summed E-state index contributed by atoms with van der Waals surface area (Å²) in [5.41, 5.74) is 3.88. The van der Waals surface area contributed by atoms with E-state index in [1.165, 1.54) is 0 Å². The lowest BCUT2D eigenvalue weighted by Crippen LogP contribution is -2.48. The number of piperidine rings is 1. The molecule has 2 atom stereocenters. The number of hydrogen-bond acceptors (Lipinski definition) is 10. The van der Waals surface area contributed by atoms with Crippen LogP contribution in [0.3, 0.4) is 0 Å². The van der Waals surface area contributed by atoms with Gasteiger partial charge in [0, 0.05) is 70.3 Å². The van der Waals surface area contributed by atoms with Crippen LogP contribution in [0, 0.1) is 0 Å². The molecule has 5 rings (SSSR count). The number of amides is 1. The molecule has 2 saturated heterocycles. The van der Waals surface area contributed by atoms with Gasteiger partial charge in [-0.05, 0) is 77.6 Å². The van der Waals surface area contributed by atoms with Crippen molar-refractivity contribution in [3.63, 3.8) is 0 Å². The van der Waals surface area contributed by atoms with Gasteiger partial charge in [-0.1, -0.05) is 45.3 Å². The summed E-state index contributed by atoms with van der Waals surface area (Å²) in [6.45, 7) is 24.3. The summed E-state index contributed by atoms with van der Waals surface area (Å²) in [4.78, 5) is 38.8. The fraction of sp³-hybridized carbons (Fsp3) is 0.625. The number of aromatic nitrogens is 4. The van der Waals surface area contributed by atoms with E-state index >= 15 is 0 Å². The first-order valence-corrected chi connectivity index (χ1v) is 26.9. The average Bonchev–Trinajstić information content (AvgIpc) is 3.63. The summed E-state index contributed by atoms with van der Waals surface area (Å²) in [6, 6.07) is 5.77. The Labute approximate surface area is 323 Å². The molecule has 2 bridgehead atoms. The molecule has 296 valence electrons. The summed E-state index contributed by atoms with van der Waals surface area (Å²) in [5, 5.41) is 4.95. The van der Waals surface area contributed by atoms with Crippen LogP contribution < -0.4 is 4.90 Å². The van der Waals surface area contributed by atoms with Gasteiger partial charge >= 0.3 is 6.09 Å². The van der Waals surface area contributed by atoms with Gasteiger partial charge in [0.05, 0.1) is 24.8 Å². The molecule has 0 radical (unpaired) electrons. The van der Waals surface area contributed by atoms with E-state index in [0.29, 0.717) is 44.6 Å². The van der Waals surface area contributed by atoms with E-state index < -0.39 is 21.7 Å². The van der Waals surface area contributed by atoms with Crippen molar-refractivity contribution in [3.05, 3.63) is 47.7 Å². The molecule has 0 aromatic carbocycles. The summed E-state index contributed by atoms with van der Waals surface area (Å²) >= 11 is 0. The highest BCUT2D eigenvalue weighted by atomic mass is 28.3. The van der Waals surface area contributed by atoms with Crippen molar-refractivity contribution in [2.75, 3.05) is 38.2 Å². The van der Waals surface area contributed by atoms with E-state index in [9.17, 15) is 9.59 Å². The van der Waals surface area contributed by atoms with Crippen molar-refractivity contribution >= 4 is 46.1 Å². The smallest absolute Gasteiger partial charge is 0.410 e. The fourth-order valence-electron chi connectivity index (χ4n) is 7.11. The molecule has 3 aromatic heterocycles. The second-order valence-corrected chi connectivity index (χ2v) is 29.3. The van der Waals surface area contributed by atoms with Crippen LogP contribution in [-0.2, 0) is 18.9 Å². The molecule has 2 aliphatic heterocycles. The molecule has 0 spiro atoms. The molecular weight excluding hydrogens is 717 g/mol. The number of nitrogens with zero attached hydrogens (tertiary/aromatic N) is 6. The molecule has 2 fully saturated rings. The minimum absolute atomic E-state index is 0.0455. The number of carbonyl (C=O) groups excluding carboxylic acids is 2. The third kappa shape index (κ3) is 10.8. The SMILES string of the molecule is CCO/C=C\c1c(C2CC3CCC(C2)N3C(=O)OC(C)(C)C)nc2c(-c3ccc(C=O)nc3)cnn2c1N(COCC[Si](C)(C)C)COCC[Si](C)(C)C. The Bertz CT molecular complexity index is 1730. The van der Waals surface area contributed by atoms with Crippen molar-refractivity contribution in [1.29, 1.82) is 0 Å². The zero-order chi connectivity index (χ0) is 39.3. The Morgan fingerprint density at radius 1 is 0.963 bits per heavy atom. The Morgan fingerprint density at radius 2 is 1.59 bits per heavy atom. The van der Waals surface area contributed by atoms with Gasteiger partial charge in [0.2, 0.25) is 0 Å². The predicted molar refractivity (Wildman–Crippen MR) is 220 cm³/mol. The highest BCUT2D eigenvalue weighted by Gasteiger charge is 2.46. The molecule has 1 amide bonds. The van der Waals surface area contributed by atoms with Gasteiger partial charge in [-0.2, -0.15) is 9.61 Å². The van der Waals surface area contributed by atoms with Crippen LogP contribution in [0.5, 0.6) is 0 Å². The molecular formula is C40H62N6O6Si2. The summed E-state index contributed by atoms with van der Waals surface area (Å²) in [5.74, 6) is 0.851. The van der Waals surface area contributed by atoms with Gasteiger partial charge in [0.25, 0.3) is 0 Å². The quantitative estimate of drug-likeness (QED) is 0.0433. The molecule has 14 heteroatoms. The molecule has 0 N–H and O–H groups in total. The maximum atomic E-state index is 13.5. The number of rotatable bonds is 17. The molecule has 54 heavy (non-hydrogen) atoms. The monoisotopic (exact) mass is 778 g/mol. The van der Waals surface area contributed by atoms with E-state index in [1.807, 2.05) is 55.4 Å². The third-order valence-corrected chi connectivity index (χ3v) is 13.3. The van der Waals surface area contributed by atoms with Crippen molar-refractivity contribution in [2.24, 2.45) is 0 Å². The number of aldehydes is 1. The second-order valence-electron chi connectivity index (χ2n) is 18.1. The van der Waals surface area contributed by atoms with Gasteiger partial charge in [-0.15, -0.1) is 0 Å². The van der Waals surface area contributed by atoms with Gasteiger partial charge in [-0.25, -0.2) is 9.78 Å². The van der Waals surface area contributed by atoms with Crippen LogP contribution in [0.1, 0.15) is 81.0 Å². The summed E-state index contributed by atoms with van der Waals surface area (Å²) in [7, 11) is -2.67. The van der Waals surface area contributed by atoms with E-state index in [2.05, 4.69) is 49.2 Å². The first kappa shape index (κ1) is 41.6. The minimum atomic E-state index is -1.33. The van der Waals surface area contributed by atoms with Crippen molar-refractivity contribution in [2.45, 2.75) is 128 Å². The van der Waals surface area contributed by atoms with Gasteiger partial charge in [-0.3, -0.25) is 9.78 Å². The lowest BCUT2D eigenvalue weighted by molar-refractivity contribution is 0.00567. The highest BCUT2D eigenvalue weighted by molar-refractivity contribution is 6.76. The third-order valence-electron chi connectivity index (χ3n) is 9.91. The normalized spacial score (nSPS) is 19.1. The van der Waals surface area contributed by atoms with E-state index in [-0.39, 0.29) is 24.1 Å². The van der Waals surface area contributed by atoms with E-state index in [4.69, 9.17) is 29.0 Å². The zero-order valence-corrected chi connectivity index (χ0v) is 36.2. The average molecular weight is 779 g/mol. The number of anilines is 1. The van der Waals surface area contributed by atoms with E-state index in [1.54, 1.807) is 18.5 Å². The minimum Gasteiger partial charge on any atom is -0.501 e. The molecule has 0 saturated carbocycles.